The summed E-state index contributed by atoms with van der Waals surface area (Å²) >= 11 is 2.16. The number of halogens is 1. The second kappa shape index (κ2) is 6.85. The lowest BCUT2D eigenvalue weighted by Crippen LogP contribution is -2.30. The number of benzene rings is 1. The standard InChI is InChI=1S/C12H16INO2/c1-9(8-16-2)7-14-12(15)10-5-3-4-6-11(10)13/h3-6,9H,7-8H2,1-2H3,(H,14,15). The van der Waals surface area contributed by atoms with Crippen molar-refractivity contribution in [3.63, 3.8) is 0 Å². The van der Waals surface area contributed by atoms with E-state index in [4.69, 9.17) is 4.74 Å². The molecule has 0 spiro atoms. The van der Waals surface area contributed by atoms with Crippen LogP contribution < -0.4 is 5.32 Å². The molecule has 1 atom stereocenters. The Morgan fingerprint density at radius 1 is 1.50 bits per heavy atom. The van der Waals surface area contributed by atoms with Gasteiger partial charge in [-0.05, 0) is 40.6 Å². The Balaban J connectivity index is 2.50. The molecule has 1 N–H and O–H groups in total. The summed E-state index contributed by atoms with van der Waals surface area (Å²) in [7, 11) is 1.67. The molecule has 88 valence electrons. The van der Waals surface area contributed by atoms with Gasteiger partial charge in [0.1, 0.15) is 0 Å². The third-order valence-electron chi connectivity index (χ3n) is 2.18. The Labute approximate surface area is 110 Å². The number of ether oxygens (including phenoxy) is 1. The molecule has 0 saturated carbocycles. The van der Waals surface area contributed by atoms with Crippen molar-refractivity contribution < 1.29 is 9.53 Å². The molecule has 0 aliphatic carbocycles. The van der Waals surface area contributed by atoms with Crippen LogP contribution in [-0.4, -0.2) is 26.2 Å². The van der Waals surface area contributed by atoms with Gasteiger partial charge in [0.2, 0.25) is 0 Å². The monoisotopic (exact) mass is 333 g/mol. The second-order valence-electron chi connectivity index (χ2n) is 3.75. The van der Waals surface area contributed by atoms with E-state index in [2.05, 4.69) is 27.9 Å². The minimum atomic E-state index is -0.0204. The fourth-order valence-corrected chi connectivity index (χ4v) is 1.98. The maximum atomic E-state index is 11.8. The third kappa shape index (κ3) is 4.09. The molecule has 0 heterocycles. The van der Waals surface area contributed by atoms with E-state index in [0.29, 0.717) is 19.1 Å². The lowest BCUT2D eigenvalue weighted by atomic mass is 10.2. The predicted octanol–water partition coefficient (Wildman–Crippen LogP) is 2.30. The second-order valence-corrected chi connectivity index (χ2v) is 4.91. The van der Waals surface area contributed by atoms with E-state index in [0.717, 1.165) is 9.13 Å². The molecule has 0 bridgehead atoms. The molecule has 0 aromatic heterocycles. The van der Waals surface area contributed by atoms with Gasteiger partial charge in [-0.1, -0.05) is 19.1 Å². The van der Waals surface area contributed by atoms with Crippen LogP contribution in [0.25, 0.3) is 0 Å². The highest BCUT2D eigenvalue weighted by molar-refractivity contribution is 14.1. The normalized spacial score (nSPS) is 12.2. The van der Waals surface area contributed by atoms with Gasteiger partial charge in [0.05, 0.1) is 12.2 Å². The number of hydrogen-bond acceptors (Lipinski definition) is 2. The molecule has 16 heavy (non-hydrogen) atoms. The van der Waals surface area contributed by atoms with Crippen molar-refractivity contribution in [2.45, 2.75) is 6.92 Å². The average Bonchev–Trinajstić information content (AvgIpc) is 2.27. The minimum Gasteiger partial charge on any atom is -0.384 e. The van der Waals surface area contributed by atoms with Gasteiger partial charge in [-0.15, -0.1) is 0 Å². The number of hydrogen-bond donors (Lipinski definition) is 1. The zero-order chi connectivity index (χ0) is 12.0. The van der Waals surface area contributed by atoms with E-state index in [1.807, 2.05) is 31.2 Å². The average molecular weight is 333 g/mol. The van der Waals surface area contributed by atoms with Gasteiger partial charge in [0.15, 0.2) is 0 Å². The molecule has 0 fully saturated rings. The van der Waals surface area contributed by atoms with Crippen molar-refractivity contribution in [3.8, 4) is 0 Å². The summed E-state index contributed by atoms with van der Waals surface area (Å²) in [5, 5.41) is 2.90. The largest absolute Gasteiger partial charge is 0.384 e. The highest BCUT2D eigenvalue weighted by atomic mass is 127. The first-order valence-electron chi connectivity index (χ1n) is 5.16. The van der Waals surface area contributed by atoms with Crippen LogP contribution in [0.15, 0.2) is 24.3 Å². The summed E-state index contributed by atoms with van der Waals surface area (Å²) in [4.78, 5) is 11.8. The molecular formula is C12H16INO2. The Hall–Kier alpha value is -0.620. The van der Waals surface area contributed by atoms with Crippen LogP contribution in [-0.2, 0) is 4.74 Å². The van der Waals surface area contributed by atoms with Gasteiger partial charge in [-0.3, -0.25) is 4.79 Å². The number of nitrogens with one attached hydrogen (secondary N) is 1. The molecule has 1 aromatic rings. The summed E-state index contributed by atoms with van der Waals surface area (Å²) in [6, 6.07) is 7.55. The van der Waals surface area contributed by atoms with E-state index in [9.17, 15) is 4.79 Å². The molecule has 1 aromatic carbocycles. The van der Waals surface area contributed by atoms with E-state index < -0.39 is 0 Å². The molecule has 3 nitrogen and oxygen atoms in total. The fourth-order valence-electron chi connectivity index (χ4n) is 1.35. The van der Waals surface area contributed by atoms with Crippen LogP contribution in [0.3, 0.4) is 0 Å². The van der Waals surface area contributed by atoms with Gasteiger partial charge in [0.25, 0.3) is 5.91 Å². The summed E-state index contributed by atoms with van der Waals surface area (Å²) in [6.07, 6.45) is 0. The van der Waals surface area contributed by atoms with Crippen LogP contribution in [0.4, 0.5) is 0 Å². The third-order valence-corrected chi connectivity index (χ3v) is 3.12. The van der Waals surface area contributed by atoms with Gasteiger partial charge in [0, 0.05) is 17.2 Å². The van der Waals surface area contributed by atoms with Crippen molar-refractivity contribution in [1.29, 1.82) is 0 Å². The fraction of sp³-hybridized carbons (Fsp3) is 0.417. The van der Waals surface area contributed by atoms with Crippen LogP contribution in [0.1, 0.15) is 17.3 Å². The number of amides is 1. The van der Waals surface area contributed by atoms with E-state index in [1.165, 1.54) is 0 Å². The Morgan fingerprint density at radius 2 is 2.19 bits per heavy atom. The number of rotatable bonds is 5. The molecule has 4 heteroatoms. The first-order chi connectivity index (χ1) is 7.65. The van der Waals surface area contributed by atoms with Gasteiger partial charge in [-0.2, -0.15) is 0 Å². The Morgan fingerprint density at radius 3 is 2.81 bits per heavy atom. The number of carbonyl (C=O) groups excluding carboxylic acids is 1. The van der Waals surface area contributed by atoms with Crippen molar-refractivity contribution >= 4 is 28.5 Å². The summed E-state index contributed by atoms with van der Waals surface area (Å²) in [5.41, 5.74) is 0.729. The van der Waals surface area contributed by atoms with Crippen molar-refractivity contribution in [2.24, 2.45) is 5.92 Å². The zero-order valence-corrected chi connectivity index (χ0v) is 11.7. The lowest BCUT2D eigenvalue weighted by molar-refractivity contribution is 0.0933. The summed E-state index contributed by atoms with van der Waals surface area (Å²) < 4.78 is 5.98. The molecule has 1 amide bonds. The molecule has 1 rings (SSSR count). The van der Waals surface area contributed by atoms with Gasteiger partial charge < -0.3 is 10.1 Å². The van der Waals surface area contributed by atoms with Crippen molar-refractivity contribution in [1.82, 2.24) is 5.32 Å². The highest BCUT2D eigenvalue weighted by Crippen LogP contribution is 2.11. The predicted molar refractivity (Wildman–Crippen MR) is 72.5 cm³/mol. The van der Waals surface area contributed by atoms with E-state index >= 15 is 0 Å². The lowest BCUT2D eigenvalue weighted by Gasteiger charge is -2.12. The quantitative estimate of drug-likeness (QED) is 0.840. The molecule has 0 aliphatic heterocycles. The van der Waals surface area contributed by atoms with Crippen LogP contribution in [0, 0.1) is 9.49 Å². The van der Waals surface area contributed by atoms with E-state index in [-0.39, 0.29) is 5.91 Å². The molecule has 0 radical (unpaired) electrons. The van der Waals surface area contributed by atoms with Crippen LogP contribution in [0.2, 0.25) is 0 Å². The summed E-state index contributed by atoms with van der Waals surface area (Å²) in [5.74, 6) is 0.309. The Bertz CT molecular complexity index is 355. The zero-order valence-electron chi connectivity index (χ0n) is 9.50. The SMILES string of the molecule is COCC(C)CNC(=O)c1ccccc1I. The smallest absolute Gasteiger partial charge is 0.252 e. The van der Waals surface area contributed by atoms with Crippen LogP contribution in [0.5, 0.6) is 0 Å². The maximum Gasteiger partial charge on any atom is 0.252 e. The molecular weight excluding hydrogens is 317 g/mol. The highest BCUT2D eigenvalue weighted by Gasteiger charge is 2.09. The topological polar surface area (TPSA) is 38.3 Å². The van der Waals surface area contributed by atoms with Gasteiger partial charge >= 0.3 is 0 Å². The van der Waals surface area contributed by atoms with E-state index in [1.54, 1.807) is 7.11 Å². The van der Waals surface area contributed by atoms with Crippen molar-refractivity contribution in [3.05, 3.63) is 33.4 Å². The summed E-state index contributed by atoms with van der Waals surface area (Å²) in [6.45, 7) is 3.34. The van der Waals surface area contributed by atoms with Crippen LogP contribution >= 0.6 is 22.6 Å². The first-order valence-corrected chi connectivity index (χ1v) is 6.24. The molecule has 0 aliphatic rings. The maximum absolute atomic E-state index is 11.8. The molecule has 1 unspecified atom stereocenters. The number of methoxy groups -OCH3 is 1. The first kappa shape index (κ1) is 13.4. The van der Waals surface area contributed by atoms with Crippen molar-refractivity contribution in [2.75, 3.05) is 20.3 Å². The number of carbonyl (C=O) groups is 1. The molecule has 0 saturated heterocycles. The Kier molecular flexibility index (Phi) is 5.76. The van der Waals surface area contributed by atoms with Gasteiger partial charge in [-0.25, -0.2) is 0 Å². The minimum absolute atomic E-state index is 0.0204.